The van der Waals surface area contributed by atoms with Crippen LogP contribution in [0.3, 0.4) is 0 Å². The predicted octanol–water partition coefficient (Wildman–Crippen LogP) is 10.5. The molecule has 4 aromatic rings. The predicted molar refractivity (Wildman–Crippen MR) is 198 cm³/mol. The van der Waals surface area contributed by atoms with Gasteiger partial charge in [0.15, 0.2) is 0 Å². The Kier molecular flexibility index (Phi) is 12.1. The number of carbonyl (C=O) groups excluding carboxylic acids is 2. The van der Waals surface area contributed by atoms with Gasteiger partial charge in [0.2, 0.25) is 5.91 Å². The average Bonchev–Trinajstić information content (AvgIpc) is 3.43. The van der Waals surface area contributed by atoms with Crippen molar-refractivity contribution in [2.24, 2.45) is 5.92 Å². The highest BCUT2D eigenvalue weighted by molar-refractivity contribution is 5.98. The molecule has 1 saturated carbocycles. The summed E-state index contributed by atoms with van der Waals surface area (Å²) in [5.74, 6) is 1.19. The van der Waals surface area contributed by atoms with E-state index >= 15 is 0 Å². The van der Waals surface area contributed by atoms with Crippen molar-refractivity contribution >= 4 is 28.6 Å². The zero-order valence-electron chi connectivity index (χ0n) is 29.9. The van der Waals surface area contributed by atoms with Gasteiger partial charge in [-0.2, -0.15) is 0 Å². The van der Waals surface area contributed by atoms with Crippen LogP contribution < -0.4 is 4.90 Å². The largest absolute Gasteiger partial charge is 0.456 e. The van der Waals surface area contributed by atoms with E-state index in [0.717, 1.165) is 104 Å². The Bertz CT molecular complexity index is 1660. The number of aromatic nitrogens is 2. The topological polar surface area (TPSA) is 64.4 Å². The first-order valence-electron chi connectivity index (χ1n) is 18.4. The molecular weight excluding hydrogens is 594 g/mol. The highest BCUT2D eigenvalue weighted by Crippen LogP contribution is 2.31. The van der Waals surface area contributed by atoms with E-state index in [9.17, 15) is 9.59 Å². The highest BCUT2D eigenvalue weighted by Gasteiger charge is 2.27. The van der Waals surface area contributed by atoms with E-state index in [4.69, 9.17) is 9.72 Å². The van der Waals surface area contributed by atoms with Crippen LogP contribution in [0, 0.1) is 5.92 Å². The van der Waals surface area contributed by atoms with Gasteiger partial charge < -0.3 is 14.2 Å². The normalized spacial score (nSPS) is 13.9. The van der Waals surface area contributed by atoms with Crippen LogP contribution in [-0.4, -0.2) is 33.6 Å². The van der Waals surface area contributed by atoms with Crippen LogP contribution in [0.2, 0.25) is 0 Å². The van der Waals surface area contributed by atoms with Gasteiger partial charge in [0.1, 0.15) is 11.4 Å². The summed E-state index contributed by atoms with van der Waals surface area (Å²) in [6.45, 7) is 11.6. The fourth-order valence-corrected chi connectivity index (χ4v) is 6.88. The number of carbonyl (C=O) groups is 2. The summed E-state index contributed by atoms with van der Waals surface area (Å²) in [5, 5.41) is 0. The number of anilines is 1. The van der Waals surface area contributed by atoms with Gasteiger partial charge in [0, 0.05) is 31.1 Å². The second kappa shape index (κ2) is 16.5. The molecule has 0 spiro atoms. The molecule has 6 nitrogen and oxygen atoms in total. The van der Waals surface area contributed by atoms with Gasteiger partial charge in [0.25, 0.3) is 0 Å². The Morgan fingerprint density at radius 1 is 0.875 bits per heavy atom. The van der Waals surface area contributed by atoms with E-state index < -0.39 is 5.60 Å². The van der Waals surface area contributed by atoms with Crippen molar-refractivity contribution in [2.75, 3.05) is 11.4 Å². The molecule has 0 N–H and O–H groups in total. The van der Waals surface area contributed by atoms with Gasteiger partial charge in [-0.05, 0) is 87.4 Å². The van der Waals surface area contributed by atoms with E-state index in [1.807, 2.05) is 45.0 Å². The molecule has 1 fully saturated rings. The fraction of sp³-hybridized carbons (Fsp3) is 0.500. The lowest BCUT2D eigenvalue weighted by molar-refractivity contribution is -0.123. The number of hydrogen-bond acceptors (Lipinski definition) is 4. The highest BCUT2D eigenvalue weighted by atomic mass is 16.6. The second-order valence-electron chi connectivity index (χ2n) is 14.5. The van der Waals surface area contributed by atoms with Gasteiger partial charge in [0.05, 0.1) is 16.6 Å². The number of ether oxygens (including phenoxy) is 1. The Morgan fingerprint density at radius 3 is 2.31 bits per heavy atom. The summed E-state index contributed by atoms with van der Waals surface area (Å²) < 4.78 is 8.05. The van der Waals surface area contributed by atoms with Gasteiger partial charge in [-0.25, -0.2) is 9.78 Å². The molecule has 6 heteroatoms. The molecule has 0 saturated heterocycles. The molecule has 5 rings (SSSR count). The number of esters is 1. The van der Waals surface area contributed by atoms with Crippen LogP contribution in [0.15, 0.2) is 66.7 Å². The Morgan fingerprint density at radius 2 is 1.60 bits per heavy atom. The number of aryl methyl sites for hydroxylation is 1. The lowest BCUT2D eigenvalue weighted by Gasteiger charge is -2.29. The number of nitrogens with zero attached hydrogens (tertiary/aromatic N) is 3. The Labute approximate surface area is 287 Å². The average molecular weight is 650 g/mol. The first-order valence-corrected chi connectivity index (χ1v) is 18.4. The SMILES string of the molecule is CCCCCCN(C(=O)C1CCCCC1)c1ccc2nc(CCCC)n(Cc3ccc(-c4ccccc4C(=O)OC(C)(C)C)cc3)c2c1. The molecule has 1 amide bonds. The molecule has 0 aliphatic heterocycles. The first-order chi connectivity index (χ1) is 23.2. The monoisotopic (exact) mass is 649 g/mol. The van der Waals surface area contributed by atoms with Crippen LogP contribution in [0.1, 0.15) is 127 Å². The first kappa shape index (κ1) is 35.4. The number of rotatable bonds is 14. The molecule has 48 heavy (non-hydrogen) atoms. The molecular formula is C42H55N3O3. The minimum Gasteiger partial charge on any atom is -0.456 e. The van der Waals surface area contributed by atoms with E-state index in [1.165, 1.54) is 19.3 Å². The van der Waals surface area contributed by atoms with Crippen molar-refractivity contribution in [1.82, 2.24) is 9.55 Å². The summed E-state index contributed by atoms with van der Waals surface area (Å²) in [4.78, 5) is 34.2. The molecule has 1 heterocycles. The lowest BCUT2D eigenvalue weighted by Crippen LogP contribution is -2.38. The number of fused-ring (bicyclic) bond motifs is 1. The maximum absolute atomic E-state index is 14.0. The van der Waals surface area contributed by atoms with Crippen molar-refractivity contribution in [1.29, 1.82) is 0 Å². The second-order valence-corrected chi connectivity index (χ2v) is 14.5. The zero-order chi connectivity index (χ0) is 34.1. The molecule has 3 aromatic carbocycles. The van der Waals surface area contributed by atoms with Crippen LogP contribution in [0.5, 0.6) is 0 Å². The molecule has 0 radical (unpaired) electrons. The number of unbranched alkanes of at least 4 members (excludes halogenated alkanes) is 4. The fourth-order valence-electron chi connectivity index (χ4n) is 6.88. The molecule has 1 aliphatic carbocycles. The van der Waals surface area contributed by atoms with E-state index in [1.54, 1.807) is 0 Å². The number of amides is 1. The number of benzene rings is 3. The molecule has 1 aromatic heterocycles. The van der Waals surface area contributed by atoms with Gasteiger partial charge in [-0.15, -0.1) is 0 Å². The smallest absolute Gasteiger partial charge is 0.339 e. The van der Waals surface area contributed by atoms with Crippen LogP contribution in [0.25, 0.3) is 22.2 Å². The molecule has 0 bridgehead atoms. The summed E-state index contributed by atoms with van der Waals surface area (Å²) in [6.07, 6.45) is 13.2. The van der Waals surface area contributed by atoms with E-state index in [2.05, 4.69) is 65.8 Å². The summed E-state index contributed by atoms with van der Waals surface area (Å²) >= 11 is 0. The van der Waals surface area contributed by atoms with Crippen molar-refractivity contribution in [3.05, 3.63) is 83.7 Å². The zero-order valence-corrected chi connectivity index (χ0v) is 29.9. The van der Waals surface area contributed by atoms with Gasteiger partial charge in [-0.1, -0.05) is 101 Å². The summed E-state index contributed by atoms with van der Waals surface area (Å²) in [6, 6.07) is 22.6. The minimum absolute atomic E-state index is 0.129. The standard InChI is InChI=1S/C42H55N3O3/c1-6-8-10-16-28-44(40(46)33-17-12-11-13-18-33)34-26-27-37-38(29-34)45(39(43-37)21-9-7-2)30-31-22-24-32(25-23-31)35-19-14-15-20-36(35)41(47)48-42(3,4)5/h14-15,19-20,22-27,29,33H,6-13,16-18,21,28,30H2,1-5H3. The van der Waals surface area contributed by atoms with Gasteiger partial charge in [-0.3, -0.25) is 4.79 Å². The maximum atomic E-state index is 14.0. The molecule has 0 unspecified atom stereocenters. The molecule has 1 aliphatic rings. The number of imidazole rings is 1. The van der Waals surface area contributed by atoms with E-state index in [0.29, 0.717) is 18.0 Å². The number of hydrogen-bond donors (Lipinski definition) is 0. The van der Waals surface area contributed by atoms with Crippen molar-refractivity contribution in [3.63, 3.8) is 0 Å². The Balaban J connectivity index is 1.46. The third-order valence-electron chi connectivity index (χ3n) is 9.48. The van der Waals surface area contributed by atoms with Crippen molar-refractivity contribution < 1.29 is 14.3 Å². The van der Waals surface area contributed by atoms with Crippen LogP contribution in [-0.2, 0) is 22.5 Å². The van der Waals surface area contributed by atoms with Crippen LogP contribution in [0.4, 0.5) is 5.69 Å². The summed E-state index contributed by atoms with van der Waals surface area (Å²) in [7, 11) is 0. The molecule has 256 valence electrons. The van der Waals surface area contributed by atoms with E-state index in [-0.39, 0.29) is 11.9 Å². The Hall–Kier alpha value is -3.93. The van der Waals surface area contributed by atoms with Crippen LogP contribution >= 0.6 is 0 Å². The lowest BCUT2D eigenvalue weighted by atomic mass is 9.88. The van der Waals surface area contributed by atoms with Crippen molar-refractivity contribution in [2.45, 2.75) is 124 Å². The van der Waals surface area contributed by atoms with Crippen molar-refractivity contribution in [3.8, 4) is 11.1 Å². The maximum Gasteiger partial charge on any atom is 0.339 e. The quantitative estimate of drug-likeness (QED) is 0.101. The third-order valence-corrected chi connectivity index (χ3v) is 9.48. The molecule has 0 atom stereocenters. The third kappa shape index (κ3) is 8.94. The minimum atomic E-state index is -0.563. The van der Waals surface area contributed by atoms with Gasteiger partial charge >= 0.3 is 5.97 Å². The summed E-state index contributed by atoms with van der Waals surface area (Å²) in [5.41, 5.74) is 6.04.